The van der Waals surface area contributed by atoms with Gasteiger partial charge in [0.05, 0.1) is 4.92 Å². The summed E-state index contributed by atoms with van der Waals surface area (Å²) in [5.41, 5.74) is 0.941. The van der Waals surface area contributed by atoms with Crippen LogP contribution in [-0.2, 0) is 6.54 Å². The van der Waals surface area contributed by atoms with Crippen LogP contribution in [0.5, 0.6) is 0 Å². The summed E-state index contributed by atoms with van der Waals surface area (Å²) in [4.78, 5) is 15.0. The molecule has 0 bridgehead atoms. The zero-order chi connectivity index (χ0) is 14.7. The Balaban J connectivity index is 2.00. The normalized spacial score (nSPS) is 17.6. The monoisotopic (exact) mass is 297 g/mol. The molecule has 0 saturated carbocycles. The summed E-state index contributed by atoms with van der Waals surface area (Å²) in [6, 6.07) is 5.28. The molecule has 1 fully saturated rings. The average molecular weight is 298 g/mol. The van der Waals surface area contributed by atoms with Crippen LogP contribution in [0.3, 0.4) is 0 Å². The standard InChI is InChI=1S/C14H20ClN3O2/c1-16(2)12-5-7-17(8-6-12)10-11-9-13(18(19)20)3-4-14(11)15/h3-4,9,12H,5-8,10H2,1-2H3. The number of benzene rings is 1. The van der Waals surface area contributed by atoms with E-state index >= 15 is 0 Å². The molecule has 0 spiro atoms. The minimum atomic E-state index is -0.377. The predicted octanol–water partition coefficient (Wildman–Crippen LogP) is 2.77. The van der Waals surface area contributed by atoms with E-state index in [1.165, 1.54) is 6.07 Å². The number of hydrogen-bond donors (Lipinski definition) is 0. The second kappa shape index (κ2) is 6.52. The molecule has 1 aromatic carbocycles. The van der Waals surface area contributed by atoms with Crippen molar-refractivity contribution in [3.05, 3.63) is 38.9 Å². The highest BCUT2D eigenvalue weighted by Crippen LogP contribution is 2.25. The Kier molecular flexibility index (Phi) is 4.96. The van der Waals surface area contributed by atoms with Gasteiger partial charge in [-0.05, 0) is 51.7 Å². The summed E-state index contributed by atoms with van der Waals surface area (Å²) in [6.45, 7) is 2.68. The second-order valence-corrected chi connectivity index (χ2v) is 5.91. The van der Waals surface area contributed by atoms with Crippen LogP contribution in [-0.4, -0.2) is 47.9 Å². The first-order chi connectivity index (χ1) is 9.47. The molecule has 1 aliphatic rings. The Bertz CT molecular complexity index is 485. The highest BCUT2D eigenvalue weighted by Gasteiger charge is 2.21. The molecule has 0 aliphatic carbocycles. The van der Waals surface area contributed by atoms with Crippen LogP contribution in [0.4, 0.5) is 5.69 Å². The molecule has 0 atom stereocenters. The molecule has 5 nitrogen and oxygen atoms in total. The lowest BCUT2D eigenvalue weighted by Crippen LogP contribution is -2.41. The van der Waals surface area contributed by atoms with E-state index in [4.69, 9.17) is 11.6 Å². The molecule has 0 radical (unpaired) electrons. The van der Waals surface area contributed by atoms with Gasteiger partial charge in [-0.3, -0.25) is 15.0 Å². The quantitative estimate of drug-likeness (QED) is 0.633. The van der Waals surface area contributed by atoms with Gasteiger partial charge in [0.25, 0.3) is 5.69 Å². The van der Waals surface area contributed by atoms with Gasteiger partial charge in [-0.1, -0.05) is 11.6 Å². The van der Waals surface area contributed by atoms with Crippen molar-refractivity contribution in [2.75, 3.05) is 27.2 Å². The number of likely N-dealkylation sites (tertiary alicyclic amines) is 1. The molecule has 6 heteroatoms. The summed E-state index contributed by atoms with van der Waals surface area (Å²) in [5.74, 6) is 0. The lowest BCUT2D eigenvalue weighted by atomic mass is 10.0. The van der Waals surface area contributed by atoms with Gasteiger partial charge in [0.1, 0.15) is 0 Å². The van der Waals surface area contributed by atoms with Crippen LogP contribution >= 0.6 is 11.6 Å². The Hall–Kier alpha value is -1.17. The first-order valence-corrected chi connectivity index (χ1v) is 7.17. The molecular formula is C14H20ClN3O2. The average Bonchev–Trinajstić information content (AvgIpc) is 2.41. The third-order valence-electron chi connectivity index (χ3n) is 3.92. The van der Waals surface area contributed by atoms with E-state index in [0.29, 0.717) is 17.6 Å². The largest absolute Gasteiger partial charge is 0.306 e. The van der Waals surface area contributed by atoms with Gasteiger partial charge >= 0.3 is 0 Å². The van der Waals surface area contributed by atoms with E-state index in [2.05, 4.69) is 23.9 Å². The molecule has 1 saturated heterocycles. The van der Waals surface area contributed by atoms with Gasteiger partial charge in [-0.15, -0.1) is 0 Å². The van der Waals surface area contributed by atoms with Gasteiger partial charge in [-0.25, -0.2) is 0 Å². The molecule has 110 valence electrons. The summed E-state index contributed by atoms with van der Waals surface area (Å²) in [7, 11) is 4.22. The lowest BCUT2D eigenvalue weighted by molar-refractivity contribution is -0.384. The smallest absolute Gasteiger partial charge is 0.269 e. The number of hydrogen-bond acceptors (Lipinski definition) is 4. The molecule has 0 amide bonds. The second-order valence-electron chi connectivity index (χ2n) is 5.50. The fourth-order valence-electron chi connectivity index (χ4n) is 2.63. The molecule has 0 N–H and O–H groups in total. The van der Waals surface area contributed by atoms with E-state index < -0.39 is 0 Å². The molecule has 1 heterocycles. The van der Waals surface area contributed by atoms with Crippen LogP contribution in [0.15, 0.2) is 18.2 Å². The maximum absolute atomic E-state index is 10.8. The number of piperidine rings is 1. The third-order valence-corrected chi connectivity index (χ3v) is 4.29. The number of rotatable bonds is 4. The van der Waals surface area contributed by atoms with Crippen LogP contribution in [0.25, 0.3) is 0 Å². The van der Waals surface area contributed by atoms with Gasteiger partial charge < -0.3 is 4.90 Å². The van der Waals surface area contributed by atoms with Gasteiger partial charge in [0, 0.05) is 29.7 Å². The summed E-state index contributed by atoms with van der Waals surface area (Å²) < 4.78 is 0. The number of non-ortho nitro benzene ring substituents is 1. The molecule has 2 rings (SSSR count). The SMILES string of the molecule is CN(C)C1CCN(Cc2cc([N+](=O)[O-])ccc2Cl)CC1. The van der Waals surface area contributed by atoms with Crippen LogP contribution < -0.4 is 0 Å². The molecule has 0 unspecified atom stereocenters. The Morgan fingerprint density at radius 1 is 1.40 bits per heavy atom. The maximum atomic E-state index is 10.8. The zero-order valence-corrected chi connectivity index (χ0v) is 12.6. The van der Waals surface area contributed by atoms with Crippen molar-refractivity contribution in [2.45, 2.75) is 25.4 Å². The van der Waals surface area contributed by atoms with E-state index in [9.17, 15) is 10.1 Å². The predicted molar refractivity (Wildman–Crippen MR) is 80.1 cm³/mol. The van der Waals surface area contributed by atoms with Crippen LogP contribution in [0.1, 0.15) is 18.4 Å². The van der Waals surface area contributed by atoms with Crippen molar-refractivity contribution >= 4 is 17.3 Å². The zero-order valence-electron chi connectivity index (χ0n) is 11.9. The first-order valence-electron chi connectivity index (χ1n) is 6.79. The Labute approximate surface area is 124 Å². The van der Waals surface area contributed by atoms with E-state index in [1.54, 1.807) is 12.1 Å². The Morgan fingerprint density at radius 2 is 2.05 bits per heavy atom. The molecule has 1 aliphatic heterocycles. The van der Waals surface area contributed by atoms with Gasteiger partial charge in [0.2, 0.25) is 0 Å². The van der Waals surface area contributed by atoms with Gasteiger partial charge in [-0.2, -0.15) is 0 Å². The summed E-state index contributed by atoms with van der Waals surface area (Å²) in [5, 5.41) is 11.4. The van der Waals surface area contributed by atoms with Gasteiger partial charge in [0.15, 0.2) is 0 Å². The molecule has 1 aromatic rings. The fourth-order valence-corrected chi connectivity index (χ4v) is 2.81. The number of nitrogens with zero attached hydrogens (tertiary/aromatic N) is 3. The maximum Gasteiger partial charge on any atom is 0.269 e. The van der Waals surface area contributed by atoms with Crippen molar-refractivity contribution in [2.24, 2.45) is 0 Å². The molecule has 20 heavy (non-hydrogen) atoms. The number of halogens is 1. The first kappa shape index (κ1) is 15.2. The number of nitro groups is 1. The minimum Gasteiger partial charge on any atom is -0.306 e. The van der Waals surface area contributed by atoms with E-state index in [0.717, 1.165) is 31.5 Å². The summed E-state index contributed by atoms with van der Waals surface area (Å²) in [6.07, 6.45) is 2.25. The molecular weight excluding hydrogens is 278 g/mol. The van der Waals surface area contributed by atoms with Crippen molar-refractivity contribution < 1.29 is 4.92 Å². The van der Waals surface area contributed by atoms with E-state index in [-0.39, 0.29) is 10.6 Å². The highest BCUT2D eigenvalue weighted by molar-refractivity contribution is 6.31. The number of nitro benzene ring substituents is 1. The van der Waals surface area contributed by atoms with E-state index in [1.807, 2.05) is 0 Å². The fraction of sp³-hybridized carbons (Fsp3) is 0.571. The minimum absolute atomic E-state index is 0.104. The molecule has 0 aromatic heterocycles. The van der Waals surface area contributed by atoms with Crippen molar-refractivity contribution in [3.63, 3.8) is 0 Å². The topological polar surface area (TPSA) is 49.6 Å². The highest BCUT2D eigenvalue weighted by atomic mass is 35.5. The lowest BCUT2D eigenvalue weighted by Gasteiger charge is -2.35. The van der Waals surface area contributed by atoms with Crippen LogP contribution in [0, 0.1) is 10.1 Å². The van der Waals surface area contributed by atoms with Crippen molar-refractivity contribution in [1.82, 2.24) is 9.80 Å². The Morgan fingerprint density at radius 3 is 2.60 bits per heavy atom. The third kappa shape index (κ3) is 3.69. The van der Waals surface area contributed by atoms with Crippen molar-refractivity contribution in [1.29, 1.82) is 0 Å². The summed E-state index contributed by atoms with van der Waals surface area (Å²) >= 11 is 6.14. The van der Waals surface area contributed by atoms with Crippen molar-refractivity contribution in [3.8, 4) is 0 Å². The van der Waals surface area contributed by atoms with Crippen LogP contribution in [0.2, 0.25) is 5.02 Å².